The minimum absolute atomic E-state index is 0.0463. The highest BCUT2D eigenvalue weighted by Gasteiger charge is 2.20. The summed E-state index contributed by atoms with van der Waals surface area (Å²) in [5.74, 6) is 0.726. The third-order valence-electron chi connectivity index (χ3n) is 3.09. The van der Waals surface area contributed by atoms with Crippen molar-refractivity contribution in [3.8, 4) is 0 Å². The first kappa shape index (κ1) is 14.2. The van der Waals surface area contributed by atoms with Gasteiger partial charge in [-0.2, -0.15) is 5.10 Å². The fourth-order valence-corrected chi connectivity index (χ4v) is 2.08. The molecule has 106 valence electrons. The van der Waals surface area contributed by atoms with E-state index in [4.69, 9.17) is 0 Å². The van der Waals surface area contributed by atoms with Gasteiger partial charge in [0, 0.05) is 18.5 Å². The number of aromatic nitrogens is 3. The number of nitrogens with one attached hydrogen (secondary N) is 2. The van der Waals surface area contributed by atoms with Crippen molar-refractivity contribution in [1.82, 2.24) is 20.5 Å². The van der Waals surface area contributed by atoms with Gasteiger partial charge in [-0.3, -0.25) is 9.89 Å². The smallest absolute Gasteiger partial charge is 0.251 e. The molecule has 0 spiro atoms. The van der Waals surface area contributed by atoms with E-state index in [1.54, 1.807) is 0 Å². The number of benzene rings is 1. The van der Waals surface area contributed by atoms with Crippen LogP contribution in [0.3, 0.4) is 0 Å². The Hall–Kier alpha value is -2.17. The zero-order valence-corrected chi connectivity index (χ0v) is 12.1. The molecular weight excluding hydrogens is 252 g/mol. The summed E-state index contributed by atoms with van der Waals surface area (Å²) in [6, 6.07) is 7.72. The third kappa shape index (κ3) is 3.44. The molecule has 5 heteroatoms. The minimum atomic E-state index is -0.0567. The fraction of sp³-hybridized carbons (Fsp3) is 0.400. The first-order valence-corrected chi connectivity index (χ1v) is 6.70. The topological polar surface area (TPSA) is 70.7 Å². The van der Waals surface area contributed by atoms with Crippen LogP contribution in [0.25, 0.3) is 0 Å². The highest BCUT2D eigenvalue weighted by Crippen LogP contribution is 2.25. The summed E-state index contributed by atoms with van der Waals surface area (Å²) in [5, 5.41) is 9.47. The number of aromatic amines is 1. The van der Waals surface area contributed by atoms with Crippen LogP contribution in [0, 0.1) is 0 Å². The van der Waals surface area contributed by atoms with Gasteiger partial charge in [-0.05, 0) is 17.0 Å². The monoisotopic (exact) mass is 272 g/mol. The minimum Gasteiger partial charge on any atom is -0.352 e. The molecule has 1 amide bonds. The maximum Gasteiger partial charge on any atom is 0.251 e. The highest BCUT2D eigenvalue weighted by molar-refractivity contribution is 5.96. The molecule has 0 aliphatic carbocycles. The molecule has 0 saturated carbocycles. The Morgan fingerprint density at radius 1 is 1.30 bits per heavy atom. The zero-order chi connectivity index (χ0) is 14.6. The summed E-state index contributed by atoms with van der Waals surface area (Å²) in [5.41, 5.74) is 1.73. The predicted octanol–water partition coefficient (Wildman–Crippen LogP) is 2.07. The van der Waals surface area contributed by atoms with Gasteiger partial charge in [0.1, 0.15) is 12.2 Å². The molecule has 1 aromatic carbocycles. The fourth-order valence-electron chi connectivity index (χ4n) is 2.08. The van der Waals surface area contributed by atoms with Gasteiger partial charge in [0.05, 0.1) is 0 Å². The lowest BCUT2D eigenvalue weighted by atomic mass is 9.83. The molecule has 0 atom stereocenters. The second-order valence-corrected chi connectivity index (χ2v) is 5.73. The highest BCUT2D eigenvalue weighted by atomic mass is 16.1. The normalized spacial score (nSPS) is 11.3. The zero-order valence-electron chi connectivity index (χ0n) is 12.1. The first-order chi connectivity index (χ1) is 9.48. The van der Waals surface area contributed by atoms with Crippen molar-refractivity contribution in [3.05, 3.63) is 47.5 Å². The molecule has 0 radical (unpaired) electrons. The molecule has 0 aliphatic heterocycles. The maximum absolute atomic E-state index is 12.3. The number of H-pyrrole nitrogens is 1. The lowest BCUT2D eigenvalue weighted by Gasteiger charge is -2.22. The number of carbonyl (C=O) groups excluding carboxylic acids is 1. The van der Waals surface area contributed by atoms with Crippen molar-refractivity contribution in [2.45, 2.75) is 32.6 Å². The molecular formula is C15H20N4O. The van der Waals surface area contributed by atoms with E-state index in [1.807, 2.05) is 24.3 Å². The number of rotatable bonds is 4. The van der Waals surface area contributed by atoms with Crippen LogP contribution in [0.15, 0.2) is 30.6 Å². The van der Waals surface area contributed by atoms with Crippen LogP contribution in [0.2, 0.25) is 0 Å². The van der Waals surface area contributed by atoms with Crippen molar-refractivity contribution in [3.63, 3.8) is 0 Å². The van der Waals surface area contributed by atoms with Crippen molar-refractivity contribution in [2.75, 3.05) is 6.54 Å². The molecule has 2 aromatic rings. The Morgan fingerprint density at radius 2 is 2.05 bits per heavy atom. The molecule has 2 rings (SSSR count). The average molecular weight is 272 g/mol. The predicted molar refractivity (Wildman–Crippen MR) is 77.6 cm³/mol. The summed E-state index contributed by atoms with van der Waals surface area (Å²) < 4.78 is 0. The quantitative estimate of drug-likeness (QED) is 0.895. The van der Waals surface area contributed by atoms with Crippen molar-refractivity contribution in [1.29, 1.82) is 0 Å². The number of carbonyl (C=O) groups is 1. The van der Waals surface area contributed by atoms with E-state index >= 15 is 0 Å². The van der Waals surface area contributed by atoms with E-state index in [0.29, 0.717) is 13.0 Å². The molecule has 1 aromatic heterocycles. The molecule has 0 saturated heterocycles. The Kier molecular flexibility index (Phi) is 4.17. The largest absolute Gasteiger partial charge is 0.352 e. The Balaban J connectivity index is 2.02. The van der Waals surface area contributed by atoms with E-state index in [1.165, 1.54) is 6.33 Å². The standard InChI is InChI=1S/C15H20N4O/c1-15(2,3)12-7-5-4-6-11(12)14(20)16-9-8-13-17-10-18-19-13/h4-7,10H,8-9H2,1-3H3,(H,16,20)(H,17,18,19). The molecule has 5 nitrogen and oxygen atoms in total. The van der Waals surface area contributed by atoms with Crippen LogP contribution in [0.5, 0.6) is 0 Å². The van der Waals surface area contributed by atoms with Crippen LogP contribution in [0.1, 0.15) is 42.5 Å². The number of hydrogen-bond acceptors (Lipinski definition) is 3. The average Bonchev–Trinajstić information content (AvgIpc) is 2.91. The van der Waals surface area contributed by atoms with E-state index in [-0.39, 0.29) is 11.3 Å². The number of hydrogen-bond donors (Lipinski definition) is 2. The lowest BCUT2D eigenvalue weighted by Crippen LogP contribution is -2.29. The Morgan fingerprint density at radius 3 is 2.70 bits per heavy atom. The van der Waals surface area contributed by atoms with Crippen molar-refractivity contribution in [2.24, 2.45) is 0 Å². The second-order valence-electron chi connectivity index (χ2n) is 5.73. The second kappa shape index (κ2) is 5.86. The van der Waals surface area contributed by atoms with Crippen LogP contribution < -0.4 is 5.32 Å². The maximum atomic E-state index is 12.3. The van der Waals surface area contributed by atoms with Gasteiger partial charge in [0.25, 0.3) is 5.91 Å². The summed E-state index contributed by atoms with van der Waals surface area (Å²) in [6.07, 6.45) is 2.11. The summed E-state index contributed by atoms with van der Waals surface area (Å²) in [7, 11) is 0. The summed E-state index contributed by atoms with van der Waals surface area (Å²) >= 11 is 0. The van der Waals surface area contributed by atoms with Gasteiger partial charge in [0.15, 0.2) is 0 Å². The molecule has 0 fully saturated rings. The van der Waals surface area contributed by atoms with Gasteiger partial charge in [-0.1, -0.05) is 39.0 Å². The SMILES string of the molecule is CC(C)(C)c1ccccc1C(=O)NCCc1ncn[nH]1. The molecule has 0 bridgehead atoms. The molecule has 0 unspecified atom stereocenters. The van der Waals surface area contributed by atoms with Crippen molar-refractivity contribution >= 4 is 5.91 Å². The van der Waals surface area contributed by atoms with Crippen LogP contribution in [-0.4, -0.2) is 27.6 Å². The van der Waals surface area contributed by atoms with Crippen LogP contribution in [0.4, 0.5) is 0 Å². The van der Waals surface area contributed by atoms with Gasteiger partial charge < -0.3 is 5.32 Å². The van der Waals surface area contributed by atoms with E-state index in [2.05, 4.69) is 41.3 Å². The van der Waals surface area contributed by atoms with E-state index < -0.39 is 0 Å². The molecule has 20 heavy (non-hydrogen) atoms. The van der Waals surface area contributed by atoms with Crippen LogP contribution >= 0.6 is 0 Å². The first-order valence-electron chi connectivity index (χ1n) is 6.70. The molecule has 1 heterocycles. The molecule has 0 aliphatic rings. The van der Waals surface area contributed by atoms with Gasteiger partial charge in [-0.15, -0.1) is 0 Å². The Bertz CT molecular complexity index is 570. The number of amides is 1. The van der Waals surface area contributed by atoms with Crippen molar-refractivity contribution < 1.29 is 4.79 Å². The summed E-state index contributed by atoms with van der Waals surface area (Å²) in [6.45, 7) is 6.85. The Labute approximate surface area is 118 Å². The molecule has 2 N–H and O–H groups in total. The van der Waals surface area contributed by atoms with E-state index in [9.17, 15) is 4.79 Å². The third-order valence-corrected chi connectivity index (χ3v) is 3.09. The van der Waals surface area contributed by atoms with E-state index in [0.717, 1.165) is 17.0 Å². The van der Waals surface area contributed by atoms with Gasteiger partial charge >= 0.3 is 0 Å². The van der Waals surface area contributed by atoms with Gasteiger partial charge in [0.2, 0.25) is 0 Å². The van der Waals surface area contributed by atoms with Gasteiger partial charge in [-0.25, -0.2) is 4.98 Å². The summed E-state index contributed by atoms with van der Waals surface area (Å²) in [4.78, 5) is 16.3. The number of nitrogens with zero attached hydrogens (tertiary/aromatic N) is 2. The van der Waals surface area contributed by atoms with Crippen LogP contribution in [-0.2, 0) is 11.8 Å². The lowest BCUT2D eigenvalue weighted by molar-refractivity contribution is 0.0952.